The molecule has 1 atom stereocenters. The van der Waals surface area contributed by atoms with E-state index in [9.17, 15) is 9.59 Å². The molecule has 1 N–H and O–H groups in total. The van der Waals surface area contributed by atoms with Gasteiger partial charge in [0.2, 0.25) is 5.91 Å². The maximum absolute atomic E-state index is 12.9. The van der Waals surface area contributed by atoms with Gasteiger partial charge in [0.25, 0.3) is 0 Å². The minimum Gasteiger partial charge on any atom is -0.330 e. The number of likely N-dealkylation sites (tertiary alicyclic amines) is 1. The van der Waals surface area contributed by atoms with Crippen molar-refractivity contribution in [1.29, 1.82) is 0 Å². The van der Waals surface area contributed by atoms with Crippen LogP contribution in [0.3, 0.4) is 0 Å². The fourth-order valence-corrected chi connectivity index (χ4v) is 3.87. The highest BCUT2D eigenvalue weighted by Crippen LogP contribution is 2.21. The van der Waals surface area contributed by atoms with E-state index in [0.717, 1.165) is 36.1 Å². The number of aromatic nitrogens is 2. The van der Waals surface area contributed by atoms with E-state index in [2.05, 4.69) is 23.7 Å². The van der Waals surface area contributed by atoms with Gasteiger partial charge in [0.05, 0.1) is 23.6 Å². The Morgan fingerprint density at radius 1 is 1.27 bits per heavy atom. The maximum Gasteiger partial charge on any atom is 0.326 e. The number of aromatic amines is 1. The predicted molar refractivity (Wildman–Crippen MR) is 104 cm³/mol. The molecule has 6 heteroatoms. The molecule has 2 heterocycles. The summed E-state index contributed by atoms with van der Waals surface area (Å²) < 4.78 is 1.58. The minimum atomic E-state index is -0.133. The van der Waals surface area contributed by atoms with Crippen LogP contribution in [0.4, 0.5) is 0 Å². The second-order valence-electron chi connectivity index (χ2n) is 7.88. The molecule has 1 saturated heterocycles. The van der Waals surface area contributed by atoms with E-state index in [-0.39, 0.29) is 17.8 Å². The van der Waals surface area contributed by atoms with Gasteiger partial charge in [-0.1, -0.05) is 19.9 Å². The molecule has 1 aliphatic heterocycles. The molecule has 2 aromatic rings. The number of imidazole rings is 1. The molecule has 0 spiro atoms. The zero-order valence-corrected chi connectivity index (χ0v) is 16.3. The molecule has 0 saturated carbocycles. The Balaban J connectivity index is 1.75. The Hall–Kier alpha value is -2.08. The molecule has 1 fully saturated rings. The maximum atomic E-state index is 12.9. The van der Waals surface area contributed by atoms with Gasteiger partial charge in [-0.25, -0.2) is 4.79 Å². The Labute approximate surface area is 154 Å². The first kappa shape index (κ1) is 18.7. The van der Waals surface area contributed by atoms with Gasteiger partial charge < -0.3 is 9.88 Å². The van der Waals surface area contributed by atoms with E-state index >= 15 is 0 Å². The van der Waals surface area contributed by atoms with E-state index < -0.39 is 0 Å². The van der Waals surface area contributed by atoms with Crippen molar-refractivity contribution in [1.82, 2.24) is 19.4 Å². The average Bonchev–Trinajstić information content (AvgIpc) is 3.21. The topological polar surface area (TPSA) is 61.3 Å². The molecule has 1 aliphatic rings. The number of hydrogen-bond donors (Lipinski definition) is 1. The summed E-state index contributed by atoms with van der Waals surface area (Å²) >= 11 is 0. The van der Waals surface area contributed by atoms with E-state index in [1.807, 2.05) is 30.1 Å². The van der Waals surface area contributed by atoms with Crippen LogP contribution < -0.4 is 5.69 Å². The smallest absolute Gasteiger partial charge is 0.326 e. The van der Waals surface area contributed by atoms with Gasteiger partial charge in [-0.15, -0.1) is 0 Å². The van der Waals surface area contributed by atoms with Gasteiger partial charge in [0, 0.05) is 27.2 Å². The van der Waals surface area contributed by atoms with Crippen LogP contribution in [-0.4, -0.2) is 51.6 Å². The lowest BCUT2D eigenvalue weighted by atomic mass is 10.1. The van der Waals surface area contributed by atoms with Crippen LogP contribution >= 0.6 is 0 Å². The Kier molecular flexibility index (Phi) is 5.51. The van der Waals surface area contributed by atoms with Crippen LogP contribution in [0.1, 0.15) is 38.7 Å². The molecule has 0 aliphatic carbocycles. The number of benzene rings is 1. The van der Waals surface area contributed by atoms with Crippen molar-refractivity contribution in [2.24, 2.45) is 13.0 Å². The summed E-state index contributed by atoms with van der Waals surface area (Å²) in [5, 5.41) is 0. The second-order valence-corrected chi connectivity index (χ2v) is 7.88. The van der Waals surface area contributed by atoms with Gasteiger partial charge in [-0.2, -0.15) is 0 Å². The van der Waals surface area contributed by atoms with Crippen molar-refractivity contribution < 1.29 is 4.79 Å². The van der Waals surface area contributed by atoms with E-state index in [1.165, 1.54) is 12.8 Å². The van der Waals surface area contributed by atoms with Crippen LogP contribution in [0, 0.1) is 5.92 Å². The van der Waals surface area contributed by atoms with Crippen LogP contribution in [0.2, 0.25) is 0 Å². The van der Waals surface area contributed by atoms with E-state index in [1.54, 1.807) is 11.6 Å². The summed E-state index contributed by atoms with van der Waals surface area (Å²) in [5.74, 6) is 0.668. The first-order chi connectivity index (χ1) is 12.4. The number of amides is 1. The number of nitrogens with one attached hydrogen (secondary N) is 1. The molecular weight excluding hydrogens is 328 g/mol. The monoisotopic (exact) mass is 358 g/mol. The highest BCUT2D eigenvalue weighted by Gasteiger charge is 2.28. The Morgan fingerprint density at radius 3 is 2.62 bits per heavy atom. The summed E-state index contributed by atoms with van der Waals surface area (Å²) in [4.78, 5) is 31.9. The predicted octanol–water partition coefficient (Wildman–Crippen LogP) is 2.34. The number of H-pyrrole nitrogens is 1. The average molecular weight is 358 g/mol. The summed E-state index contributed by atoms with van der Waals surface area (Å²) in [6.45, 7) is 6.57. The third kappa shape index (κ3) is 3.85. The van der Waals surface area contributed by atoms with Crippen LogP contribution in [-0.2, 0) is 18.3 Å². The lowest BCUT2D eigenvalue weighted by molar-refractivity contribution is -0.135. The molecule has 6 nitrogen and oxygen atoms in total. The van der Waals surface area contributed by atoms with Crippen molar-refractivity contribution in [2.75, 3.05) is 20.1 Å². The number of fused-ring (bicyclic) bond motifs is 1. The number of rotatable bonds is 6. The summed E-state index contributed by atoms with van der Waals surface area (Å²) in [6, 6.07) is 5.76. The van der Waals surface area contributed by atoms with Gasteiger partial charge in [0.15, 0.2) is 0 Å². The Morgan fingerprint density at radius 2 is 1.96 bits per heavy atom. The standard InChI is InChI=1S/C20H30N4O2/c1-14(2)11-18(24-9-5-6-10-24)23(4)19(25)13-15-7-8-17-16(12-15)21-20(26)22(17)3/h7-8,12,14,18H,5-6,9-11,13H2,1-4H3,(H,21,26). The largest absolute Gasteiger partial charge is 0.330 e. The highest BCUT2D eigenvalue weighted by molar-refractivity contribution is 5.82. The molecule has 0 bridgehead atoms. The van der Waals surface area contributed by atoms with Gasteiger partial charge >= 0.3 is 5.69 Å². The van der Waals surface area contributed by atoms with Crippen molar-refractivity contribution >= 4 is 16.9 Å². The van der Waals surface area contributed by atoms with Gasteiger partial charge in [-0.05, 0) is 42.9 Å². The first-order valence-corrected chi connectivity index (χ1v) is 9.54. The third-order valence-corrected chi connectivity index (χ3v) is 5.41. The number of likely N-dealkylation sites (N-methyl/N-ethyl adjacent to an activating group) is 1. The van der Waals surface area contributed by atoms with Gasteiger partial charge in [-0.3, -0.25) is 14.3 Å². The fourth-order valence-electron chi connectivity index (χ4n) is 3.87. The molecule has 1 unspecified atom stereocenters. The number of nitrogens with zero attached hydrogens (tertiary/aromatic N) is 3. The molecule has 1 amide bonds. The molecule has 3 rings (SSSR count). The lowest BCUT2D eigenvalue weighted by Crippen LogP contribution is -2.49. The Bertz CT molecular complexity index is 830. The third-order valence-electron chi connectivity index (χ3n) is 5.41. The molecular formula is C20H30N4O2. The molecule has 26 heavy (non-hydrogen) atoms. The van der Waals surface area contributed by atoms with Crippen LogP contribution in [0.15, 0.2) is 23.0 Å². The van der Waals surface area contributed by atoms with Crippen LogP contribution in [0.5, 0.6) is 0 Å². The van der Waals surface area contributed by atoms with Crippen molar-refractivity contribution in [3.63, 3.8) is 0 Å². The highest BCUT2D eigenvalue weighted by atomic mass is 16.2. The quantitative estimate of drug-likeness (QED) is 0.862. The van der Waals surface area contributed by atoms with E-state index in [4.69, 9.17) is 0 Å². The van der Waals surface area contributed by atoms with E-state index in [0.29, 0.717) is 12.3 Å². The molecule has 0 radical (unpaired) electrons. The number of aryl methyl sites for hydroxylation is 1. The number of carbonyl (C=O) groups is 1. The second kappa shape index (κ2) is 7.66. The minimum absolute atomic E-state index is 0.125. The molecule has 1 aromatic carbocycles. The zero-order valence-electron chi connectivity index (χ0n) is 16.3. The van der Waals surface area contributed by atoms with Crippen molar-refractivity contribution in [3.05, 3.63) is 34.2 Å². The number of hydrogen-bond acceptors (Lipinski definition) is 3. The van der Waals surface area contributed by atoms with Crippen LogP contribution in [0.25, 0.3) is 11.0 Å². The van der Waals surface area contributed by atoms with Crippen molar-refractivity contribution in [2.45, 2.75) is 45.7 Å². The molecule has 142 valence electrons. The number of carbonyl (C=O) groups excluding carboxylic acids is 1. The summed E-state index contributed by atoms with van der Waals surface area (Å²) in [5.41, 5.74) is 2.44. The normalized spacial score (nSPS) is 16.5. The fraction of sp³-hybridized carbons (Fsp3) is 0.600. The van der Waals surface area contributed by atoms with Crippen molar-refractivity contribution in [3.8, 4) is 0 Å². The molecule has 1 aromatic heterocycles. The summed E-state index contributed by atoms with van der Waals surface area (Å²) in [7, 11) is 3.67. The lowest BCUT2D eigenvalue weighted by Gasteiger charge is -2.36. The SMILES string of the molecule is CC(C)CC(N1CCCC1)N(C)C(=O)Cc1ccc2c(c1)[nH]c(=O)n2C. The zero-order chi connectivity index (χ0) is 18.8. The van der Waals surface area contributed by atoms with Gasteiger partial charge in [0.1, 0.15) is 0 Å². The summed E-state index contributed by atoms with van der Waals surface area (Å²) in [6.07, 6.45) is 3.95. The first-order valence-electron chi connectivity index (χ1n) is 9.54.